The van der Waals surface area contributed by atoms with E-state index in [1.807, 2.05) is 7.05 Å². The molecule has 1 aliphatic heterocycles. The molecular formula is C20H37N5S. The van der Waals surface area contributed by atoms with Crippen molar-refractivity contribution in [3.63, 3.8) is 0 Å². The lowest BCUT2D eigenvalue weighted by molar-refractivity contribution is 0.176. The van der Waals surface area contributed by atoms with Crippen molar-refractivity contribution in [3.05, 3.63) is 16.1 Å². The summed E-state index contributed by atoms with van der Waals surface area (Å²) in [7, 11) is 1.86. The molecule has 1 saturated heterocycles. The summed E-state index contributed by atoms with van der Waals surface area (Å²) in [6, 6.07) is 0. The van der Waals surface area contributed by atoms with E-state index in [2.05, 4.69) is 46.7 Å². The Kier molecular flexibility index (Phi) is 9.40. The number of piperidine rings is 1. The summed E-state index contributed by atoms with van der Waals surface area (Å²) in [4.78, 5) is 11.6. The highest BCUT2D eigenvalue weighted by molar-refractivity contribution is 7.09. The van der Waals surface area contributed by atoms with Crippen LogP contribution in [0.25, 0.3) is 0 Å². The SMILES string of the molecule is CCc1nc(CN2CCC(CNC(=NC)NCCCC(C)C)CC2)cs1. The molecule has 6 heteroatoms. The van der Waals surface area contributed by atoms with Crippen LogP contribution < -0.4 is 10.6 Å². The second-order valence-corrected chi connectivity index (χ2v) is 8.66. The molecule has 0 unspecified atom stereocenters. The van der Waals surface area contributed by atoms with E-state index in [1.165, 1.54) is 49.5 Å². The molecule has 0 amide bonds. The van der Waals surface area contributed by atoms with Crippen LogP contribution in [0.1, 0.15) is 57.2 Å². The number of aliphatic imine (C=N–C) groups is 1. The average molecular weight is 380 g/mol. The van der Waals surface area contributed by atoms with Crippen LogP contribution in [-0.4, -0.2) is 49.1 Å². The van der Waals surface area contributed by atoms with Crippen molar-refractivity contribution in [2.45, 2.75) is 59.4 Å². The molecular weight excluding hydrogens is 342 g/mol. The fourth-order valence-electron chi connectivity index (χ4n) is 3.34. The van der Waals surface area contributed by atoms with Crippen molar-refractivity contribution < 1.29 is 0 Å². The number of nitrogens with zero attached hydrogens (tertiary/aromatic N) is 3. The minimum atomic E-state index is 0.738. The second-order valence-electron chi connectivity index (χ2n) is 7.72. The van der Waals surface area contributed by atoms with E-state index >= 15 is 0 Å². The zero-order valence-electron chi connectivity index (χ0n) is 17.1. The highest BCUT2D eigenvalue weighted by Crippen LogP contribution is 2.19. The van der Waals surface area contributed by atoms with E-state index in [-0.39, 0.29) is 0 Å². The first-order valence-corrected chi connectivity index (χ1v) is 11.1. The predicted molar refractivity (Wildman–Crippen MR) is 113 cm³/mol. The first-order valence-electron chi connectivity index (χ1n) is 10.2. The van der Waals surface area contributed by atoms with Crippen molar-refractivity contribution >= 4 is 17.3 Å². The van der Waals surface area contributed by atoms with Gasteiger partial charge in [-0.1, -0.05) is 20.8 Å². The Morgan fingerprint density at radius 3 is 2.73 bits per heavy atom. The minimum Gasteiger partial charge on any atom is -0.356 e. The van der Waals surface area contributed by atoms with Gasteiger partial charge < -0.3 is 10.6 Å². The molecule has 1 aliphatic rings. The maximum atomic E-state index is 4.70. The number of aromatic nitrogens is 1. The first kappa shape index (κ1) is 21.2. The Hall–Kier alpha value is -1.14. The van der Waals surface area contributed by atoms with Gasteiger partial charge >= 0.3 is 0 Å². The molecule has 26 heavy (non-hydrogen) atoms. The van der Waals surface area contributed by atoms with E-state index in [4.69, 9.17) is 4.98 Å². The van der Waals surface area contributed by atoms with E-state index in [0.717, 1.165) is 43.9 Å². The van der Waals surface area contributed by atoms with E-state index in [0.29, 0.717) is 0 Å². The van der Waals surface area contributed by atoms with Gasteiger partial charge in [-0.25, -0.2) is 4.98 Å². The van der Waals surface area contributed by atoms with Gasteiger partial charge in [-0.3, -0.25) is 9.89 Å². The Morgan fingerprint density at radius 1 is 1.35 bits per heavy atom. The molecule has 2 heterocycles. The van der Waals surface area contributed by atoms with Crippen LogP contribution in [0.15, 0.2) is 10.4 Å². The molecule has 2 N–H and O–H groups in total. The number of hydrogen-bond acceptors (Lipinski definition) is 4. The molecule has 148 valence electrons. The zero-order valence-corrected chi connectivity index (χ0v) is 17.9. The molecule has 2 rings (SSSR count). The summed E-state index contributed by atoms with van der Waals surface area (Å²) in [5, 5.41) is 10.4. The summed E-state index contributed by atoms with van der Waals surface area (Å²) < 4.78 is 0. The molecule has 0 spiro atoms. The molecule has 1 aromatic heterocycles. The molecule has 0 radical (unpaired) electrons. The van der Waals surface area contributed by atoms with Crippen molar-refractivity contribution in [1.82, 2.24) is 20.5 Å². The fourth-order valence-corrected chi connectivity index (χ4v) is 4.08. The summed E-state index contributed by atoms with van der Waals surface area (Å²) in [5.41, 5.74) is 1.24. The Bertz CT molecular complexity index is 532. The summed E-state index contributed by atoms with van der Waals surface area (Å²) >= 11 is 1.79. The van der Waals surface area contributed by atoms with Crippen molar-refractivity contribution in [2.24, 2.45) is 16.8 Å². The number of likely N-dealkylation sites (tertiary alicyclic amines) is 1. The zero-order chi connectivity index (χ0) is 18.8. The van der Waals surface area contributed by atoms with Gasteiger partial charge in [0.15, 0.2) is 5.96 Å². The van der Waals surface area contributed by atoms with Gasteiger partial charge in [-0.2, -0.15) is 0 Å². The van der Waals surface area contributed by atoms with Crippen LogP contribution in [0, 0.1) is 11.8 Å². The van der Waals surface area contributed by atoms with Gasteiger partial charge in [-0.15, -0.1) is 11.3 Å². The molecule has 0 saturated carbocycles. The van der Waals surface area contributed by atoms with Crippen LogP contribution in [0.5, 0.6) is 0 Å². The minimum absolute atomic E-state index is 0.738. The molecule has 5 nitrogen and oxygen atoms in total. The summed E-state index contributed by atoms with van der Waals surface area (Å²) in [6.45, 7) is 12.1. The lowest BCUT2D eigenvalue weighted by Crippen LogP contribution is -2.43. The maximum absolute atomic E-state index is 4.70. The molecule has 1 fully saturated rings. The third-order valence-corrected chi connectivity index (χ3v) is 6.07. The lowest BCUT2D eigenvalue weighted by Gasteiger charge is -2.31. The number of rotatable bonds is 9. The number of guanidine groups is 1. The monoisotopic (exact) mass is 379 g/mol. The number of hydrogen-bond donors (Lipinski definition) is 2. The topological polar surface area (TPSA) is 52.6 Å². The Morgan fingerprint density at radius 2 is 2.12 bits per heavy atom. The smallest absolute Gasteiger partial charge is 0.190 e. The third kappa shape index (κ3) is 7.62. The normalized spacial score (nSPS) is 17.0. The van der Waals surface area contributed by atoms with Crippen LogP contribution in [0.2, 0.25) is 0 Å². The van der Waals surface area contributed by atoms with Crippen molar-refractivity contribution in [2.75, 3.05) is 33.2 Å². The first-order chi connectivity index (χ1) is 12.6. The van der Waals surface area contributed by atoms with Gasteiger partial charge in [0, 0.05) is 32.1 Å². The second kappa shape index (κ2) is 11.5. The third-order valence-electron chi connectivity index (χ3n) is 5.03. The van der Waals surface area contributed by atoms with Gasteiger partial charge in [0.2, 0.25) is 0 Å². The number of nitrogens with one attached hydrogen (secondary N) is 2. The van der Waals surface area contributed by atoms with Crippen LogP contribution >= 0.6 is 11.3 Å². The fraction of sp³-hybridized carbons (Fsp3) is 0.800. The van der Waals surface area contributed by atoms with Gasteiger partial charge in [0.1, 0.15) is 0 Å². The summed E-state index contributed by atoms with van der Waals surface area (Å²) in [6.07, 6.45) is 6.02. The van der Waals surface area contributed by atoms with Crippen molar-refractivity contribution in [3.8, 4) is 0 Å². The largest absolute Gasteiger partial charge is 0.356 e. The lowest BCUT2D eigenvalue weighted by atomic mass is 9.97. The number of thiazole rings is 1. The molecule has 1 aromatic rings. The van der Waals surface area contributed by atoms with E-state index < -0.39 is 0 Å². The Labute approximate surface area is 163 Å². The number of aryl methyl sites for hydroxylation is 1. The highest BCUT2D eigenvalue weighted by atomic mass is 32.1. The van der Waals surface area contributed by atoms with Crippen molar-refractivity contribution in [1.29, 1.82) is 0 Å². The van der Waals surface area contributed by atoms with Gasteiger partial charge in [0.25, 0.3) is 0 Å². The molecule has 0 aliphatic carbocycles. The molecule has 0 atom stereocenters. The van der Waals surface area contributed by atoms with Crippen LogP contribution in [0.3, 0.4) is 0 Å². The maximum Gasteiger partial charge on any atom is 0.190 e. The standard InChI is InChI=1S/C20H37N5S/c1-5-19-24-18(15-26-19)14-25-11-8-17(9-12-25)13-23-20(21-4)22-10-6-7-16(2)3/h15-17H,5-14H2,1-4H3,(H2,21,22,23). The molecule has 0 bridgehead atoms. The Balaban J connectivity index is 1.61. The van der Waals surface area contributed by atoms with E-state index in [9.17, 15) is 0 Å². The van der Waals surface area contributed by atoms with E-state index in [1.54, 1.807) is 11.3 Å². The summed E-state index contributed by atoms with van der Waals surface area (Å²) in [5.74, 6) is 2.46. The highest BCUT2D eigenvalue weighted by Gasteiger charge is 2.20. The quantitative estimate of drug-likeness (QED) is 0.392. The predicted octanol–water partition coefficient (Wildman–Crippen LogP) is 3.52. The van der Waals surface area contributed by atoms with Gasteiger partial charge in [0.05, 0.1) is 10.7 Å². The van der Waals surface area contributed by atoms with Gasteiger partial charge in [-0.05, 0) is 57.0 Å². The molecule has 0 aromatic carbocycles. The average Bonchev–Trinajstić information content (AvgIpc) is 3.10. The van der Waals surface area contributed by atoms with Crippen LogP contribution in [0.4, 0.5) is 0 Å². The van der Waals surface area contributed by atoms with Crippen LogP contribution in [-0.2, 0) is 13.0 Å².